The van der Waals surface area contributed by atoms with Gasteiger partial charge in [-0.25, -0.2) is 0 Å². The van der Waals surface area contributed by atoms with Crippen LogP contribution in [-0.4, -0.2) is 35.1 Å². The number of hydrogen-bond acceptors (Lipinski definition) is 2. The van der Waals surface area contributed by atoms with Gasteiger partial charge in [0.1, 0.15) is 0 Å². The number of rotatable bonds is 4. The summed E-state index contributed by atoms with van der Waals surface area (Å²) in [5.41, 5.74) is 4.24. The van der Waals surface area contributed by atoms with Crippen molar-refractivity contribution in [3.8, 4) is 0 Å². The average Bonchev–Trinajstić information content (AvgIpc) is 3.08. The van der Waals surface area contributed by atoms with E-state index < -0.39 is 0 Å². The van der Waals surface area contributed by atoms with Gasteiger partial charge in [-0.1, -0.05) is 25.1 Å². The molecule has 1 aromatic carbocycles. The first-order chi connectivity index (χ1) is 9.72. The Morgan fingerprint density at radius 1 is 1.35 bits per heavy atom. The summed E-state index contributed by atoms with van der Waals surface area (Å²) < 4.78 is 2.37. The van der Waals surface area contributed by atoms with Crippen molar-refractivity contribution in [2.24, 2.45) is 7.05 Å². The first kappa shape index (κ1) is 13.7. The molecule has 1 aliphatic heterocycles. The quantitative estimate of drug-likeness (QED) is 0.922. The standard InChI is InChI=1S/C17H25N3/c1-4-20(14-9-10-18-11-14)12-17-13(2)15-7-5-6-8-16(15)19(17)3/h5-8,14,18H,4,9-12H2,1-3H3. The molecule has 0 amide bonds. The molecule has 1 aromatic heterocycles. The van der Waals surface area contributed by atoms with Gasteiger partial charge >= 0.3 is 0 Å². The van der Waals surface area contributed by atoms with Crippen LogP contribution in [-0.2, 0) is 13.6 Å². The normalized spacial score (nSPS) is 19.3. The van der Waals surface area contributed by atoms with Crippen LogP contribution in [0.5, 0.6) is 0 Å². The SMILES string of the molecule is CCN(Cc1c(C)c2ccccc2n1C)C1CCNC1. The number of aromatic nitrogens is 1. The number of nitrogens with one attached hydrogen (secondary N) is 1. The lowest BCUT2D eigenvalue weighted by atomic mass is 10.1. The maximum Gasteiger partial charge on any atom is 0.0483 e. The average molecular weight is 271 g/mol. The summed E-state index contributed by atoms with van der Waals surface area (Å²) in [5, 5.41) is 4.87. The van der Waals surface area contributed by atoms with Gasteiger partial charge < -0.3 is 9.88 Å². The molecule has 3 rings (SSSR count). The van der Waals surface area contributed by atoms with E-state index in [2.05, 4.69) is 59.9 Å². The van der Waals surface area contributed by atoms with E-state index in [4.69, 9.17) is 0 Å². The molecule has 0 spiro atoms. The van der Waals surface area contributed by atoms with Crippen LogP contribution in [0.1, 0.15) is 24.6 Å². The smallest absolute Gasteiger partial charge is 0.0483 e. The van der Waals surface area contributed by atoms with E-state index in [0.717, 1.165) is 26.2 Å². The number of benzene rings is 1. The van der Waals surface area contributed by atoms with E-state index >= 15 is 0 Å². The Morgan fingerprint density at radius 2 is 2.15 bits per heavy atom. The molecule has 0 bridgehead atoms. The Bertz CT molecular complexity index is 555. The summed E-state index contributed by atoms with van der Waals surface area (Å²) in [4.78, 5) is 2.61. The third-order valence-corrected chi connectivity index (χ3v) is 4.82. The second-order valence-electron chi connectivity index (χ2n) is 5.86. The molecule has 1 saturated heterocycles. The van der Waals surface area contributed by atoms with E-state index in [9.17, 15) is 0 Å². The monoisotopic (exact) mass is 271 g/mol. The van der Waals surface area contributed by atoms with Crippen molar-refractivity contribution in [2.75, 3.05) is 19.6 Å². The summed E-state index contributed by atoms with van der Waals surface area (Å²) in [6.45, 7) is 9.01. The molecule has 1 aliphatic rings. The number of fused-ring (bicyclic) bond motifs is 1. The van der Waals surface area contributed by atoms with Crippen molar-refractivity contribution >= 4 is 10.9 Å². The van der Waals surface area contributed by atoms with Crippen LogP contribution >= 0.6 is 0 Å². The molecular formula is C17H25N3. The lowest BCUT2D eigenvalue weighted by molar-refractivity contribution is 0.206. The third kappa shape index (κ3) is 2.25. The number of aryl methyl sites for hydroxylation is 2. The van der Waals surface area contributed by atoms with Gasteiger partial charge in [0.05, 0.1) is 0 Å². The number of likely N-dealkylation sites (N-methyl/N-ethyl adjacent to an activating group) is 1. The fraction of sp³-hybridized carbons (Fsp3) is 0.529. The molecule has 1 unspecified atom stereocenters. The van der Waals surface area contributed by atoms with Gasteiger partial charge in [-0.05, 0) is 38.1 Å². The highest BCUT2D eigenvalue weighted by molar-refractivity contribution is 5.85. The van der Waals surface area contributed by atoms with Gasteiger partial charge in [-0.3, -0.25) is 4.90 Å². The van der Waals surface area contributed by atoms with Crippen molar-refractivity contribution in [3.63, 3.8) is 0 Å². The topological polar surface area (TPSA) is 20.2 Å². The highest BCUT2D eigenvalue weighted by Gasteiger charge is 2.23. The molecule has 3 nitrogen and oxygen atoms in total. The van der Waals surface area contributed by atoms with Crippen LogP contribution in [0, 0.1) is 6.92 Å². The van der Waals surface area contributed by atoms with Crippen molar-refractivity contribution in [1.82, 2.24) is 14.8 Å². The van der Waals surface area contributed by atoms with Gasteiger partial charge in [0.15, 0.2) is 0 Å². The first-order valence-electron chi connectivity index (χ1n) is 7.70. The van der Waals surface area contributed by atoms with Crippen LogP contribution in [0.3, 0.4) is 0 Å². The van der Waals surface area contributed by atoms with Crippen molar-refractivity contribution in [1.29, 1.82) is 0 Å². The molecular weight excluding hydrogens is 246 g/mol. The fourth-order valence-corrected chi connectivity index (χ4v) is 3.50. The van der Waals surface area contributed by atoms with Gasteiger partial charge in [-0.15, -0.1) is 0 Å². The molecule has 3 heteroatoms. The van der Waals surface area contributed by atoms with Crippen molar-refractivity contribution in [2.45, 2.75) is 32.9 Å². The van der Waals surface area contributed by atoms with E-state index in [-0.39, 0.29) is 0 Å². The lowest BCUT2D eigenvalue weighted by Crippen LogP contribution is -2.36. The minimum atomic E-state index is 0.692. The minimum Gasteiger partial charge on any atom is -0.346 e. The molecule has 1 atom stereocenters. The summed E-state index contributed by atoms with van der Waals surface area (Å²) in [6, 6.07) is 9.42. The van der Waals surface area contributed by atoms with E-state index in [1.165, 1.54) is 28.6 Å². The Balaban J connectivity index is 1.93. The molecule has 20 heavy (non-hydrogen) atoms. The van der Waals surface area contributed by atoms with Crippen LogP contribution < -0.4 is 5.32 Å². The van der Waals surface area contributed by atoms with E-state index in [1.54, 1.807) is 0 Å². The molecule has 0 aliphatic carbocycles. The van der Waals surface area contributed by atoms with Crippen molar-refractivity contribution < 1.29 is 0 Å². The van der Waals surface area contributed by atoms with E-state index in [1.807, 2.05) is 0 Å². The maximum absolute atomic E-state index is 3.48. The van der Waals surface area contributed by atoms with Crippen LogP contribution in [0.15, 0.2) is 24.3 Å². The molecule has 0 saturated carbocycles. The number of nitrogens with zero attached hydrogens (tertiary/aromatic N) is 2. The highest BCUT2D eigenvalue weighted by atomic mass is 15.2. The Kier molecular flexibility index (Phi) is 3.81. The number of hydrogen-bond donors (Lipinski definition) is 1. The predicted octanol–water partition coefficient (Wildman–Crippen LogP) is 2.67. The van der Waals surface area contributed by atoms with Gasteiger partial charge in [0.2, 0.25) is 0 Å². The van der Waals surface area contributed by atoms with Crippen LogP contribution in [0.4, 0.5) is 0 Å². The second-order valence-corrected chi connectivity index (χ2v) is 5.86. The Morgan fingerprint density at radius 3 is 2.80 bits per heavy atom. The largest absolute Gasteiger partial charge is 0.346 e. The molecule has 1 fully saturated rings. The van der Waals surface area contributed by atoms with Gasteiger partial charge in [-0.2, -0.15) is 0 Å². The zero-order chi connectivity index (χ0) is 14.1. The molecule has 108 valence electrons. The zero-order valence-corrected chi connectivity index (χ0v) is 12.8. The van der Waals surface area contributed by atoms with E-state index in [0.29, 0.717) is 6.04 Å². The predicted molar refractivity (Wildman–Crippen MR) is 85.0 cm³/mol. The summed E-state index contributed by atoms with van der Waals surface area (Å²) in [5.74, 6) is 0. The Labute approximate surface area is 121 Å². The summed E-state index contributed by atoms with van der Waals surface area (Å²) in [7, 11) is 2.20. The Hall–Kier alpha value is -1.32. The molecule has 2 heterocycles. The van der Waals surface area contributed by atoms with Crippen LogP contribution in [0.25, 0.3) is 10.9 Å². The molecule has 1 N–H and O–H groups in total. The second kappa shape index (κ2) is 5.58. The lowest BCUT2D eigenvalue weighted by Gasteiger charge is -2.27. The maximum atomic E-state index is 3.48. The van der Waals surface area contributed by atoms with Gasteiger partial charge in [0, 0.05) is 42.8 Å². The fourth-order valence-electron chi connectivity index (χ4n) is 3.50. The highest BCUT2D eigenvalue weighted by Crippen LogP contribution is 2.26. The van der Waals surface area contributed by atoms with Crippen LogP contribution in [0.2, 0.25) is 0 Å². The third-order valence-electron chi connectivity index (χ3n) is 4.82. The zero-order valence-electron chi connectivity index (χ0n) is 12.8. The summed E-state index contributed by atoms with van der Waals surface area (Å²) >= 11 is 0. The molecule has 0 radical (unpaired) electrons. The van der Waals surface area contributed by atoms with Gasteiger partial charge in [0.25, 0.3) is 0 Å². The van der Waals surface area contributed by atoms with Crippen molar-refractivity contribution in [3.05, 3.63) is 35.5 Å². The minimum absolute atomic E-state index is 0.692. The first-order valence-corrected chi connectivity index (χ1v) is 7.70. The summed E-state index contributed by atoms with van der Waals surface area (Å²) in [6.07, 6.45) is 1.27. The number of para-hydroxylation sites is 1. The molecule has 2 aromatic rings.